The molecule has 2 aromatic carbocycles. The molecule has 40 heavy (non-hydrogen) atoms. The number of hydrogen-bond acceptors (Lipinski definition) is 7. The quantitative estimate of drug-likeness (QED) is 0.184. The molecule has 1 aliphatic heterocycles. The molecular formula is C32H36N2O6. The van der Waals surface area contributed by atoms with Crippen molar-refractivity contribution in [2.45, 2.75) is 57.6 Å². The van der Waals surface area contributed by atoms with Crippen molar-refractivity contribution in [3.8, 4) is 11.5 Å². The second-order valence-electron chi connectivity index (χ2n) is 10.0. The summed E-state index contributed by atoms with van der Waals surface area (Å²) in [6.07, 6.45) is 7.19. The molecule has 8 heteroatoms. The highest BCUT2D eigenvalue weighted by atomic mass is 16.5. The van der Waals surface area contributed by atoms with Gasteiger partial charge in [-0.1, -0.05) is 36.4 Å². The van der Waals surface area contributed by atoms with Gasteiger partial charge in [-0.2, -0.15) is 0 Å². The lowest BCUT2D eigenvalue weighted by molar-refractivity contribution is -0.157. The SMILES string of the molecule is COc1cc(C(=O)C(=O)N2CCC[C@@H]2C(=O)OC(CCCc2cccnc2)Cc2ccccc2)cc(C)c1OC. The average molecular weight is 545 g/mol. The summed E-state index contributed by atoms with van der Waals surface area (Å²) in [5, 5.41) is 0. The summed E-state index contributed by atoms with van der Waals surface area (Å²) in [6.45, 7) is 2.10. The van der Waals surface area contributed by atoms with Gasteiger partial charge < -0.3 is 19.1 Å². The summed E-state index contributed by atoms with van der Waals surface area (Å²) in [4.78, 5) is 45.5. The van der Waals surface area contributed by atoms with Crippen LogP contribution in [-0.4, -0.2) is 60.5 Å². The molecule has 1 fully saturated rings. The van der Waals surface area contributed by atoms with Crippen LogP contribution in [0.5, 0.6) is 11.5 Å². The molecule has 0 N–H and O–H groups in total. The number of nitrogens with zero attached hydrogens (tertiary/aromatic N) is 2. The molecular weight excluding hydrogens is 508 g/mol. The number of likely N-dealkylation sites (tertiary alicyclic amines) is 1. The Hall–Kier alpha value is -4.20. The van der Waals surface area contributed by atoms with Gasteiger partial charge in [0.15, 0.2) is 11.5 Å². The van der Waals surface area contributed by atoms with E-state index in [0.29, 0.717) is 49.3 Å². The van der Waals surface area contributed by atoms with Crippen molar-refractivity contribution in [3.05, 3.63) is 89.2 Å². The molecule has 1 aromatic heterocycles. The topological polar surface area (TPSA) is 95.0 Å². The lowest BCUT2D eigenvalue weighted by Gasteiger charge is -2.26. The van der Waals surface area contributed by atoms with E-state index >= 15 is 0 Å². The zero-order chi connectivity index (χ0) is 28.5. The number of pyridine rings is 1. The standard InChI is InChI=1S/C32H36N2O6/c1-22-18-25(20-28(38-2)30(22)39-3)29(35)31(36)34-17-9-15-27(34)32(37)40-26(19-23-10-5-4-6-11-23)14-7-12-24-13-8-16-33-21-24/h4-6,8,10-11,13,16,18,20-21,26-27H,7,9,12,14-15,17,19H2,1-3H3/t26?,27-/m1/s1. The molecule has 1 aliphatic rings. The largest absolute Gasteiger partial charge is 0.493 e. The van der Waals surface area contributed by atoms with Gasteiger partial charge in [0.2, 0.25) is 0 Å². The Morgan fingerprint density at radius 3 is 2.50 bits per heavy atom. The van der Waals surface area contributed by atoms with Crippen molar-refractivity contribution >= 4 is 17.7 Å². The Labute approximate surface area is 235 Å². The van der Waals surface area contributed by atoms with Crippen LogP contribution in [0.15, 0.2) is 67.0 Å². The predicted octanol–water partition coefficient (Wildman–Crippen LogP) is 4.76. The fourth-order valence-electron chi connectivity index (χ4n) is 5.20. The number of hydrogen-bond donors (Lipinski definition) is 0. The number of esters is 1. The summed E-state index contributed by atoms with van der Waals surface area (Å²) in [5.74, 6) is -1.01. The number of ketones is 1. The molecule has 3 aromatic rings. The van der Waals surface area contributed by atoms with Gasteiger partial charge in [0.05, 0.1) is 14.2 Å². The zero-order valence-electron chi connectivity index (χ0n) is 23.3. The highest BCUT2D eigenvalue weighted by molar-refractivity contribution is 6.43. The third kappa shape index (κ3) is 7.05. The molecule has 0 bridgehead atoms. The number of amides is 1. The van der Waals surface area contributed by atoms with E-state index in [1.807, 2.05) is 48.7 Å². The average Bonchev–Trinajstić information content (AvgIpc) is 3.47. The fraction of sp³-hybridized carbons (Fsp3) is 0.375. The third-order valence-corrected chi connectivity index (χ3v) is 7.21. The van der Waals surface area contributed by atoms with Crippen molar-refractivity contribution in [1.29, 1.82) is 0 Å². The van der Waals surface area contributed by atoms with Crippen LogP contribution in [0.25, 0.3) is 0 Å². The van der Waals surface area contributed by atoms with E-state index < -0.39 is 23.7 Å². The molecule has 1 amide bonds. The van der Waals surface area contributed by atoms with Crippen LogP contribution in [0.1, 0.15) is 52.7 Å². The number of aryl methyl sites for hydroxylation is 2. The summed E-state index contributed by atoms with van der Waals surface area (Å²) in [6, 6.07) is 16.1. The molecule has 0 radical (unpaired) electrons. The van der Waals surface area contributed by atoms with Crippen LogP contribution in [0.3, 0.4) is 0 Å². The Bertz CT molecular complexity index is 1310. The van der Waals surface area contributed by atoms with Gasteiger partial charge in [0, 0.05) is 30.9 Å². The smallest absolute Gasteiger partial charge is 0.329 e. The van der Waals surface area contributed by atoms with Gasteiger partial charge in [-0.3, -0.25) is 14.6 Å². The number of ether oxygens (including phenoxy) is 3. The maximum absolute atomic E-state index is 13.4. The van der Waals surface area contributed by atoms with Crippen molar-refractivity contribution in [3.63, 3.8) is 0 Å². The van der Waals surface area contributed by atoms with Crippen LogP contribution in [0, 0.1) is 6.92 Å². The van der Waals surface area contributed by atoms with E-state index in [9.17, 15) is 14.4 Å². The van der Waals surface area contributed by atoms with E-state index in [-0.39, 0.29) is 11.7 Å². The first-order valence-corrected chi connectivity index (χ1v) is 13.6. The predicted molar refractivity (Wildman–Crippen MR) is 151 cm³/mol. The molecule has 210 valence electrons. The maximum Gasteiger partial charge on any atom is 0.329 e. The molecule has 0 aliphatic carbocycles. The van der Waals surface area contributed by atoms with E-state index in [1.54, 1.807) is 19.2 Å². The normalized spacial score (nSPS) is 15.4. The molecule has 0 spiro atoms. The second kappa shape index (κ2) is 13.7. The molecule has 8 nitrogen and oxygen atoms in total. The minimum atomic E-state index is -0.797. The third-order valence-electron chi connectivity index (χ3n) is 7.21. The number of aromatic nitrogens is 1. The van der Waals surface area contributed by atoms with E-state index in [4.69, 9.17) is 14.2 Å². The summed E-state index contributed by atoms with van der Waals surface area (Å²) in [5.41, 5.74) is 3.06. The van der Waals surface area contributed by atoms with Crippen LogP contribution in [0.2, 0.25) is 0 Å². The van der Waals surface area contributed by atoms with Crippen LogP contribution < -0.4 is 9.47 Å². The summed E-state index contributed by atoms with van der Waals surface area (Å²) < 4.78 is 16.7. The first-order chi connectivity index (χ1) is 19.4. The van der Waals surface area contributed by atoms with Gasteiger partial charge in [0.1, 0.15) is 12.1 Å². The Balaban J connectivity index is 1.45. The first-order valence-electron chi connectivity index (χ1n) is 13.6. The van der Waals surface area contributed by atoms with Gasteiger partial charge in [-0.25, -0.2) is 4.79 Å². The highest BCUT2D eigenvalue weighted by Gasteiger charge is 2.39. The maximum atomic E-state index is 13.4. The first kappa shape index (κ1) is 28.8. The van der Waals surface area contributed by atoms with Crippen molar-refractivity contribution < 1.29 is 28.6 Å². The fourth-order valence-corrected chi connectivity index (χ4v) is 5.20. The number of rotatable bonds is 12. The minimum absolute atomic E-state index is 0.191. The summed E-state index contributed by atoms with van der Waals surface area (Å²) >= 11 is 0. The van der Waals surface area contributed by atoms with E-state index in [0.717, 1.165) is 24.0 Å². The monoisotopic (exact) mass is 544 g/mol. The molecule has 2 heterocycles. The molecule has 1 saturated heterocycles. The molecule has 1 unspecified atom stereocenters. The Morgan fingerprint density at radius 1 is 1.02 bits per heavy atom. The number of carbonyl (C=O) groups is 3. The number of carbonyl (C=O) groups excluding carboxylic acids is 3. The number of Topliss-reactive ketones (excluding diaryl/α,β-unsaturated/α-hetero) is 1. The van der Waals surface area contributed by atoms with Crippen LogP contribution in [-0.2, 0) is 27.2 Å². The van der Waals surface area contributed by atoms with E-state index in [1.165, 1.54) is 25.2 Å². The zero-order valence-corrected chi connectivity index (χ0v) is 23.3. The van der Waals surface area contributed by atoms with Crippen molar-refractivity contribution in [2.24, 2.45) is 0 Å². The lowest BCUT2D eigenvalue weighted by Crippen LogP contribution is -2.45. The summed E-state index contributed by atoms with van der Waals surface area (Å²) in [7, 11) is 2.99. The van der Waals surface area contributed by atoms with Crippen molar-refractivity contribution in [1.82, 2.24) is 9.88 Å². The lowest BCUT2D eigenvalue weighted by atomic mass is 10.0. The van der Waals surface area contributed by atoms with Crippen LogP contribution >= 0.6 is 0 Å². The van der Waals surface area contributed by atoms with Gasteiger partial charge in [0.25, 0.3) is 11.7 Å². The molecule has 0 saturated carbocycles. The Kier molecular flexibility index (Phi) is 9.89. The number of benzene rings is 2. The van der Waals surface area contributed by atoms with Gasteiger partial charge in [-0.15, -0.1) is 0 Å². The van der Waals surface area contributed by atoms with E-state index in [2.05, 4.69) is 4.98 Å². The minimum Gasteiger partial charge on any atom is -0.493 e. The number of methoxy groups -OCH3 is 2. The molecule has 2 atom stereocenters. The second-order valence-corrected chi connectivity index (χ2v) is 10.0. The van der Waals surface area contributed by atoms with Gasteiger partial charge in [-0.05, 0) is 73.9 Å². The van der Waals surface area contributed by atoms with Gasteiger partial charge >= 0.3 is 5.97 Å². The highest BCUT2D eigenvalue weighted by Crippen LogP contribution is 2.32. The van der Waals surface area contributed by atoms with Crippen LogP contribution in [0.4, 0.5) is 0 Å². The molecule has 4 rings (SSSR count). The Morgan fingerprint density at radius 2 is 1.80 bits per heavy atom. The van der Waals surface area contributed by atoms with Crippen molar-refractivity contribution in [2.75, 3.05) is 20.8 Å².